The van der Waals surface area contributed by atoms with E-state index in [9.17, 15) is 0 Å². The number of unbranched alkanes of at least 4 members (excludes halogenated alkanes) is 7. The summed E-state index contributed by atoms with van der Waals surface area (Å²) in [6.07, 6.45) is 14.5. The third-order valence-corrected chi connectivity index (χ3v) is 5.40. The van der Waals surface area contributed by atoms with Gasteiger partial charge in [-0.15, -0.1) is 12.4 Å². The van der Waals surface area contributed by atoms with Crippen LogP contribution in [-0.2, 0) is 6.42 Å². The topological polar surface area (TPSA) is 50.1 Å². The molecule has 0 bridgehead atoms. The second-order valence-electron chi connectivity index (χ2n) is 7.73. The van der Waals surface area contributed by atoms with Gasteiger partial charge in [0.25, 0.3) is 6.01 Å². The highest BCUT2D eigenvalue weighted by molar-refractivity contribution is 5.85. The number of aromatic nitrogens is 1. The van der Waals surface area contributed by atoms with Gasteiger partial charge in [-0.1, -0.05) is 57.9 Å². The third kappa shape index (κ3) is 7.34. The molecule has 5 heteroatoms. The van der Waals surface area contributed by atoms with Gasteiger partial charge in [-0.2, -0.15) is 4.98 Å². The Kier molecular flexibility index (Phi) is 10.00. The molecule has 1 aromatic carbocycles. The number of aryl methyl sites for hydroxylation is 1. The Labute approximate surface area is 170 Å². The molecule has 0 aliphatic carbocycles. The van der Waals surface area contributed by atoms with E-state index in [4.69, 9.17) is 4.42 Å². The number of anilines is 1. The number of fused-ring (bicyclic) bond motifs is 1. The lowest BCUT2D eigenvalue weighted by molar-refractivity contribution is 0.467. The first-order valence-electron chi connectivity index (χ1n) is 10.7. The SMILES string of the molecule is CCCCCCCCCCc1ccc2oc(N[C@H]3CCCNC3)nc2c1.Cl. The van der Waals surface area contributed by atoms with E-state index in [0.29, 0.717) is 12.1 Å². The maximum absolute atomic E-state index is 5.87. The highest BCUT2D eigenvalue weighted by Gasteiger charge is 2.15. The summed E-state index contributed by atoms with van der Waals surface area (Å²) in [6.45, 7) is 4.38. The van der Waals surface area contributed by atoms with Crippen LogP contribution < -0.4 is 10.6 Å². The van der Waals surface area contributed by atoms with E-state index >= 15 is 0 Å². The van der Waals surface area contributed by atoms with Crippen LogP contribution in [0.2, 0.25) is 0 Å². The molecule has 0 radical (unpaired) electrons. The first-order chi connectivity index (χ1) is 12.8. The van der Waals surface area contributed by atoms with Crippen LogP contribution in [0.15, 0.2) is 22.6 Å². The molecule has 2 aromatic rings. The number of benzene rings is 1. The van der Waals surface area contributed by atoms with Gasteiger partial charge in [0.2, 0.25) is 0 Å². The monoisotopic (exact) mass is 393 g/mol. The Hall–Kier alpha value is -1.26. The number of hydrogen-bond acceptors (Lipinski definition) is 4. The summed E-state index contributed by atoms with van der Waals surface area (Å²) in [5, 5.41) is 6.84. The molecule has 3 rings (SSSR count). The van der Waals surface area contributed by atoms with Gasteiger partial charge in [-0.05, 0) is 49.9 Å². The third-order valence-electron chi connectivity index (χ3n) is 5.40. The van der Waals surface area contributed by atoms with E-state index in [1.54, 1.807) is 0 Å². The van der Waals surface area contributed by atoms with Crippen molar-refractivity contribution in [2.75, 3.05) is 18.4 Å². The Morgan fingerprint density at radius 1 is 1.11 bits per heavy atom. The Morgan fingerprint density at radius 3 is 2.63 bits per heavy atom. The normalized spacial score (nSPS) is 17.0. The van der Waals surface area contributed by atoms with Crippen molar-refractivity contribution in [3.05, 3.63) is 23.8 Å². The zero-order chi connectivity index (χ0) is 18.0. The lowest BCUT2D eigenvalue weighted by Crippen LogP contribution is -2.38. The number of nitrogens with zero attached hydrogens (tertiary/aromatic N) is 1. The molecule has 152 valence electrons. The average Bonchev–Trinajstić information content (AvgIpc) is 3.06. The molecule has 2 N–H and O–H groups in total. The molecular weight excluding hydrogens is 358 g/mol. The molecule has 0 spiro atoms. The number of piperidine rings is 1. The van der Waals surface area contributed by atoms with E-state index in [1.807, 2.05) is 0 Å². The molecule has 0 amide bonds. The first kappa shape index (κ1) is 22.0. The molecule has 0 saturated carbocycles. The lowest BCUT2D eigenvalue weighted by Gasteiger charge is -2.22. The summed E-state index contributed by atoms with van der Waals surface area (Å²) in [5.41, 5.74) is 3.24. The standard InChI is InChI=1S/C22H35N3O.ClH/c1-2-3-4-5-6-7-8-9-11-18-13-14-21-20(16-18)25-22(26-21)24-19-12-10-15-23-17-19;/h13-14,16,19,23H,2-12,15,17H2,1H3,(H,24,25);1H/t19-;/m0./s1. The number of halogens is 1. The maximum Gasteiger partial charge on any atom is 0.295 e. The van der Waals surface area contributed by atoms with Crippen molar-refractivity contribution in [2.45, 2.75) is 83.6 Å². The summed E-state index contributed by atoms with van der Waals surface area (Å²) in [5.74, 6) is 0. The molecule has 1 aromatic heterocycles. The fourth-order valence-corrected chi connectivity index (χ4v) is 3.80. The Morgan fingerprint density at radius 2 is 1.89 bits per heavy atom. The van der Waals surface area contributed by atoms with Crippen LogP contribution in [0.4, 0.5) is 6.01 Å². The van der Waals surface area contributed by atoms with Gasteiger partial charge in [0.05, 0.1) is 0 Å². The number of oxazole rings is 1. The largest absolute Gasteiger partial charge is 0.424 e. The molecule has 27 heavy (non-hydrogen) atoms. The van der Waals surface area contributed by atoms with Crippen molar-refractivity contribution in [2.24, 2.45) is 0 Å². The van der Waals surface area contributed by atoms with Crippen molar-refractivity contribution in [1.29, 1.82) is 0 Å². The van der Waals surface area contributed by atoms with Gasteiger partial charge >= 0.3 is 0 Å². The quantitative estimate of drug-likeness (QED) is 0.453. The van der Waals surface area contributed by atoms with Crippen LogP contribution in [-0.4, -0.2) is 24.1 Å². The van der Waals surface area contributed by atoms with Gasteiger partial charge in [0.15, 0.2) is 5.58 Å². The van der Waals surface area contributed by atoms with Gasteiger partial charge in [-0.3, -0.25) is 0 Å². The highest BCUT2D eigenvalue weighted by Crippen LogP contribution is 2.22. The number of hydrogen-bond donors (Lipinski definition) is 2. The highest BCUT2D eigenvalue weighted by atomic mass is 35.5. The zero-order valence-corrected chi connectivity index (χ0v) is 17.6. The molecule has 1 aliphatic heterocycles. The second kappa shape index (κ2) is 12.2. The van der Waals surface area contributed by atoms with Crippen molar-refractivity contribution in [1.82, 2.24) is 10.3 Å². The van der Waals surface area contributed by atoms with Crippen molar-refractivity contribution < 1.29 is 4.42 Å². The van der Waals surface area contributed by atoms with Crippen LogP contribution in [0.25, 0.3) is 11.1 Å². The molecule has 1 saturated heterocycles. The summed E-state index contributed by atoms with van der Waals surface area (Å²) in [6, 6.07) is 7.56. The van der Waals surface area contributed by atoms with Crippen LogP contribution in [0.3, 0.4) is 0 Å². The van der Waals surface area contributed by atoms with Crippen LogP contribution in [0, 0.1) is 0 Å². The number of rotatable bonds is 11. The summed E-state index contributed by atoms with van der Waals surface area (Å²) >= 11 is 0. The minimum Gasteiger partial charge on any atom is -0.424 e. The molecular formula is C22H36ClN3O. The molecule has 1 atom stereocenters. The van der Waals surface area contributed by atoms with E-state index in [0.717, 1.165) is 30.6 Å². The molecule has 2 heterocycles. The van der Waals surface area contributed by atoms with Gasteiger partial charge < -0.3 is 15.1 Å². The maximum atomic E-state index is 5.87. The van der Waals surface area contributed by atoms with Gasteiger partial charge in [-0.25, -0.2) is 0 Å². The predicted octanol–water partition coefficient (Wildman–Crippen LogP) is 6.10. The fraction of sp³-hybridized carbons (Fsp3) is 0.682. The first-order valence-corrected chi connectivity index (χ1v) is 10.7. The molecule has 1 aliphatic rings. The smallest absolute Gasteiger partial charge is 0.295 e. The van der Waals surface area contributed by atoms with Crippen LogP contribution >= 0.6 is 12.4 Å². The molecule has 1 fully saturated rings. The van der Waals surface area contributed by atoms with Crippen LogP contribution in [0.1, 0.15) is 76.7 Å². The minimum absolute atomic E-state index is 0. The Bertz CT molecular complexity index is 652. The van der Waals surface area contributed by atoms with E-state index in [1.165, 1.54) is 69.8 Å². The second-order valence-corrected chi connectivity index (χ2v) is 7.73. The van der Waals surface area contributed by atoms with E-state index < -0.39 is 0 Å². The fourth-order valence-electron chi connectivity index (χ4n) is 3.80. The van der Waals surface area contributed by atoms with E-state index in [2.05, 4.69) is 40.7 Å². The van der Waals surface area contributed by atoms with E-state index in [-0.39, 0.29) is 12.4 Å². The predicted molar refractivity (Wildman–Crippen MR) is 117 cm³/mol. The summed E-state index contributed by atoms with van der Waals surface area (Å²) in [4.78, 5) is 4.65. The van der Waals surface area contributed by atoms with Crippen molar-refractivity contribution in [3.63, 3.8) is 0 Å². The minimum atomic E-state index is 0. The zero-order valence-electron chi connectivity index (χ0n) is 16.8. The lowest BCUT2D eigenvalue weighted by atomic mass is 10.0. The average molecular weight is 394 g/mol. The van der Waals surface area contributed by atoms with Gasteiger partial charge in [0.1, 0.15) is 5.52 Å². The Balaban J connectivity index is 0.00000261. The number of nitrogens with one attached hydrogen (secondary N) is 2. The summed E-state index contributed by atoms with van der Waals surface area (Å²) < 4.78 is 5.87. The van der Waals surface area contributed by atoms with Crippen molar-refractivity contribution >= 4 is 29.5 Å². The summed E-state index contributed by atoms with van der Waals surface area (Å²) in [7, 11) is 0. The van der Waals surface area contributed by atoms with Crippen LogP contribution in [0.5, 0.6) is 0 Å². The van der Waals surface area contributed by atoms with Gasteiger partial charge in [0, 0.05) is 12.6 Å². The molecule has 0 unspecified atom stereocenters. The van der Waals surface area contributed by atoms with Crippen molar-refractivity contribution in [3.8, 4) is 0 Å². The molecule has 4 nitrogen and oxygen atoms in total.